The Hall–Kier alpha value is -6.39. The predicted molar refractivity (Wildman–Crippen MR) is 206 cm³/mol. The van der Waals surface area contributed by atoms with Crippen LogP contribution in [0.25, 0.3) is 83.0 Å². The Kier molecular flexibility index (Phi) is 6.87. The lowest BCUT2D eigenvalue weighted by molar-refractivity contribution is 1.13. The number of hydrogen-bond donors (Lipinski definition) is 0. The van der Waals surface area contributed by atoms with Gasteiger partial charge in [0, 0.05) is 50.9 Å². The van der Waals surface area contributed by atoms with Gasteiger partial charge in [-0.25, -0.2) is 4.98 Å². The van der Waals surface area contributed by atoms with Crippen molar-refractivity contribution >= 4 is 49.3 Å². The lowest BCUT2D eigenvalue weighted by atomic mass is 9.97. The second-order valence-corrected chi connectivity index (χ2v) is 12.1. The lowest BCUT2D eigenvalue weighted by Crippen LogP contribution is -2.00. The third kappa shape index (κ3) is 4.56. The van der Waals surface area contributed by atoms with Crippen molar-refractivity contribution in [3.63, 3.8) is 0 Å². The quantitative estimate of drug-likeness (QED) is 0.190. The number of pyridine rings is 1. The molecule has 0 unspecified atom stereocenters. The first-order valence-corrected chi connectivity index (χ1v) is 17.0. The maximum atomic E-state index is 5.03. The van der Waals surface area contributed by atoms with Crippen molar-refractivity contribution in [2.24, 2.45) is 0 Å². The topological polar surface area (TPSA) is 27.2 Å². The summed E-state index contributed by atoms with van der Waals surface area (Å²) in [6, 6.07) is 56.7. The molecule has 0 spiro atoms. The van der Waals surface area contributed by atoms with Gasteiger partial charge in [-0.05, 0) is 65.7 Å². The van der Waals surface area contributed by atoms with Crippen molar-refractivity contribution in [2.45, 2.75) is 13.8 Å². The van der Waals surface area contributed by atoms with E-state index >= 15 is 0 Å². The van der Waals surface area contributed by atoms with Gasteiger partial charge >= 0.3 is 0 Å². The van der Waals surface area contributed by atoms with E-state index in [-0.39, 0.29) is 0 Å². The van der Waals surface area contributed by atoms with Gasteiger partial charge in [-0.3, -0.25) is 0 Å². The molecule has 234 valence electrons. The number of rotatable bonds is 4. The van der Waals surface area contributed by atoms with Gasteiger partial charge in [0.2, 0.25) is 0 Å². The van der Waals surface area contributed by atoms with E-state index in [9.17, 15) is 0 Å². The van der Waals surface area contributed by atoms with Crippen molar-refractivity contribution in [1.82, 2.24) is 18.5 Å². The molecular formula is C45H34N4. The highest BCUT2D eigenvalue weighted by Crippen LogP contribution is 2.39. The van der Waals surface area contributed by atoms with Crippen LogP contribution in [0.3, 0.4) is 0 Å². The first kappa shape index (κ1) is 28.8. The van der Waals surface area contributed by atoms with E-state index in [1.807, 2.05) is 26.0 Å². The van der Waals surface area contributed by atoms with Gasteiger partial charge in [0.1, 0.15) is 5.65 Å². The number of nitrogens with zero attached hydrogens (tertiary/aromatic N) is 4. The molecule has 49 heavy (non-hydrogen) atoms. The maximum absolute atomic E-state index is 5.03. The fourth-order valence-electron chi connectivity index (χ4n) is 7.43. The normalized spacial score (nSPS) is 11.5. The number of benzene rings is 6. The predicted octanol–water partition coefficient (Wildman–Crippen LogP) is 11.9. The third-order valence-corrected chi connectivity index (χ3v) is 9.46. The van der Waals surface area contributed by atoms with Gasteiger partial charge in [0.25, 0.3) is 0 Å². The zero-order valence-electron chi connectivity index (χ0n) is 27.5. The highest BCUT2D eigenvalue weighted by molar-refractivity contribution is 6.10. The highest BCUT2D eigenvalue weighted by Gasteiger charge is 2.18. The second kappa shape index (κ2) is 11.7. The van der Waals surface area contributed by atoms with Crippen LogP contribution in [0.1, 0.15) is 13.8 Å². The first-order chi connectivity index (χ1) is 24.3. The van der Waals surface area contributed by atoms with Gasteiger partial charge in [0.15, 0.2) is 0 Å². The van der Waals surface area contributed by atoms with Gasteiger partial charge < -0.3 is 13.5 Å². The average molecular weight is 631 g/mol. The van der Waals surface area contributed by atoms with Crippen LogP contribution in [0.4, 0.5) is 0 Å². The standard InChI is InChI=1S/C43H28N4.C2H6/c1-2-14-33(38-28-45-24-12-11-23-43(45)44-38)32(13-1)29-25-30(46-39-19-7-3-15-34(39)35-16-4-8-20-40(35)46)27-31(26-29)47-41-21-9-5-17-36(41)37-18-6-10-22-42(37)47;1-2/h1-28H;1-2H3. The summed E-state index contributed by atoms with van der Waals surface area (Å²) in [5.74, 6) is 0. The molecule has 4 heterocycles. The van der Waals surface area contributed by atoms with Crippen LogP contribution >= 0.6 is 0 Å². The van der Waals surface area contributed by atoms with Crippen LogP contribution < -0.4 is 0 Å². The zero-order valence-corrected chi connectivity index (χ0v) is 27.5. The highest BCUT2D eigenvalue weighted by atomic mass is 15.0. The first-order valence-electron chi connectivity index (χ1n) is 17.0. The van der Waals surface area contributed by atoms with E-state index in [1.54, 1.807) is 0 Å². The molecule has 4 heteroatoms. The van der Waals surface area contributed by atoms with Crippen LogP contribution in [0, 0.1) is 0 Å². The van der Waals surface area contributed by atoms with E-state index in [2.05, 4.69) is 172 Å². The van der Waals surface area contributed by atoms with E-state index in [4.69, 9.17) is 4.98 Å². The number of aromatic nitrogens is 4. The molecule has 0 atom stereocenters. The molecule has 0 radical (unpaired) electrons. The average Bonchev–Trinajstić information content (AvgIpc) is 3.86. The number of imidazole rings is 1. The van der Waals surface area contributed by atoms with Gasteiger partial charge in [-0.15, -0.1) is 0 Å². The van der Waals surface area contributed by atoms with Gasteiger partial charge in [0.05, 0.1) is 27.8 Å². The van der Waals surface area contributed by atoms with E-state index in [0.717, 1.165) is 39.4 Å². The lowest BCUT2D eigenvalue weighted by Gasteiger charge is -2.17. The van der Waals surface area contributed by atoms with Crippen molar-refractivity contribution < 1.29 is 0 Å². The summed E-state index contributed by atoms with van der Waals surface area (Å²) in [5.41, 5.74) is 12.2. The molecule has 0 aliphatic rings. The molecule has 0 fully saturated rings. The van der Waals surface area contributed by atoms with E-state index < -0.39 is 0 Å². The Morgan fingerprint density at radius 2 is 0.857 bits per heavy atom. The Balaban J connectivity index is 0.00000160. The smallest absolute Gasteiger partial charge is 0.137 e. The van der Waals surface area contributed by atoms with Crippen LogP contribution in [-0.4, -0.2) is 18.5 Å². The van der Waals surface area contributed by atoms with Crippen LogP contribution in [-0.2, 0) is 0 Å². The monoisotopic (exact) mass is 630 g/mol. The summed E-state index contributed by atoms with van der Waals surface area (Å²) >= 11 is 0. The molecule has 0 bridgehead atoms. The van der Waals surface area contributed by atoms with Crippen molar-refractivity contribution in [3.05, 3.63) is 170 Å². The molecule has 0 aliphatic carbocycles. The molecule has 0 saturated carbocycles. The second-order valence-electron chi connectivity index (χ2n) is 12.1. The summed E-state index contributed by atoms with van der Waals surface area (Å²) < 4.78 is 6.92. The number of hydrogen-bond acceptors (Lipinski definition) is 1. The maximum Gasteiger partial charge on any atom is 0.137 e. The minimum absolute atomic E-state index is 0.933. The number of fused-ring (bicyclic) bond motifs is 7. The van der Waals surface area contributed by atoms with Crippen molar-refractivity contribution in [2.75, 3.05) is 0 Å². The summed E-state index contributed by atoms with van der Waals surface area (Å²) in [6.07, 6.45) is 4.18. The van der Waals surface area contributed by atoms with Gasteiger partial charge in [-0.1, -0.05) is 117 Å². The van der Waals surface area contributed by atoms with Crippen LogP contribution in [0.5, 0.6) is 0 Å². The molecule has 0 saturated heterocycles. The SMILES string of the molecule is CC.c1ccc(-c2cn3ccccc3n2)c(-c2cc(-n3c4ccccc4c4ccccc43)cc(-n3c4ccccc4c4ccccc43)c2)c1. The molecule has 4 aromatic heterocycles. The molecule has 0 aliphatic heterocycles. The molecule has 10 aromatic rings. The third-order valence-electron chi connectivity index (χ3n) is 9.46. The molecule has 4 nitrogen and oxygen atoms in total. The Bertz CT molecular complexity index is 2540. The fourth-order valence-corrected chi connectivity index (χ4v) is 7.43. The minimum Gasteiger partial charge on any atom is -0.309 e. The summed E-state index contributed by atoms with van der Waals surface area (Å²) in [6.45, 7) is 4.00. The molecule has 10 rings (SSSR count). The molecular weight excluding hydrogens is 597 g/mol. The van der Waals surface area contributed by atoms with E-state index in [0.29, 0.717) is 0 Å². The number of para-hydroxylation sites is 4. The zero-order chi connectivity index (χ0) is 32.9. The fraction of sp³-hybridized carbons (Fsp3) is 0.0444. The van der Waals surface area contributed by atoms with Gasteiger partial charge in [-0.2, -0.15) is 0 Å². The molecule has 0 amide bonds. The molecule has 6 aromatic carbocycles. The summed E-state index contributed by atoms with van der Waals surface area (Å²) in [7, 11) is 0. The van der Waals surface area contributed by atoms with E-state index in [1.165, 1.54) is 43.6 Å². The van der Waals surface area contributed by atoms with Crippen LogP contribution in [0.2, 0.25) is 0 Å². The molecule has 0 N–H and O–H groups in total. The summed E-state index contributed by atoms with van der Waals surface area (Å²) in [4.78, 5) is 5.03. The largest absolute Gasteiger partial charge is 0.309 e. The Labute approximate surface area is 284 Å². The Morgan fingerprint density at radius 1 is 0.429 bits per heavy atom. The van der Waals surface area contributed by atoms with Crippen LogP contribution in [0.15, 0.2) is 170 Å². The van der Waals surface area contributed by atoms with Crippen molar-refractivity contribution in [3.8, 4) is 33.8 Å². The minimum atomic E-state index is 0.933. The Morgan fingerprint density at radius 3 is 1.35 bits per heavy atom. The van der Waals surface area contributed by atoms with Crippen molar-refractivity contribution in [1.29, 1.82) is 0 Å². The summed E-state index contributed by atoms with van der Waals surface area (Å²) in [5, 5.41) is 4.99.